The fraction of sp³-hybridized carbons (Fsp3) is 0.750. The van der Waals surface area contributed by atoms with E-state index in [4.69, 9.17) is 23.7 Å². The van der Waals surface area contributed by atoms with Crippen molar-refractivity contribution in [1.82, 2.24) is 4.90 Å². The maximum Gasteiger partial charge on any atom is 0.338 e. The minimum atomic E-state index is -0.367. The Morgan fingerprint density at radius 2 is 1.69 bits per heavy atom. The highest BCUT2D eigenvalue weighted by atomic mass is 16.6. The molecule has 0 amide bonds. The molecule has 7 nitrogen and oxygen atoms in total. The van der Waals surface area contributed by atoms with Crippen molar-refractivity contribution in [3.8, 4) is 11.5 Å². The van der Waals surface area contributed by atoms with Gasteiger partial charge in [-0.25, -0.2) is 4.79 Å². The highest BCUT2D eigenvalue weighted by molar-refractivity contribution is 5.90. The molecule has 5 fully saturated rings. The van der Waals surface area contributed by atoms with Gasteiger partial charge in [0.2, 0.25) is 0 Å². The van der Waals surface area contributed by atoms with Crippen LogP contribution in [-0.2, 0) is 14.2 Å². The number of carbonyl (C=O) groups excluding carboxylic acids is 1. The first kappa shape index (κ1) is 24.8. The second kappa shape index (κ2) is 11.1. The molecule has 35 heavy (non-hydrogen) atoms. The lowest BCUT2D eigenvalue weighted by molar-refractivity contribution is -0.0768. The molecule has 1 aromatic rings. The summed E-state index contributed by atoms with van der Waals surface area (Å²) in [6.45, 7) is 4.93. The smallest absolute Gasteiger partial charge is 0.338 e. The Morgan fingerprint density at radius 1 is 1.03 bits per heavy atom. The van der Waals surface area contributed by atoms with Gasteiger partial charge in [-0.15, -0.1) is 0 Å². The third kappa shape index (κ3) is 5.95. The Morgan fingerprint density at radius 3 is 2.31 bits per heavy atom. The highest BCUT2D eigenvalue weighted by Crippen LogP contribution is 2.61. The molecule has 1 heterocycles. The maximum absolute atomic E-state index is 13.0. The minimum absolute atomic E-state index is 0.329. The number of benzene rings is 1. The molecule has 5 aliphatic rings. The lowest BCUT2D eigenvalue weighted by atomic mass is 9.49. The lowest BCUT2D eigenvalue weighted by Crippen LogP contribution is -2.46. The molecule has 0 spiro atoms. The van der Waals surface area contributed by atoms with Crippen LogP contribution in [0.1, 0.15) is 55.3 Å². The Labute approximate surface area is 209 Å². The van der Waals surface area contributed by atoms with Gasteiger partial charge in [0, 0.05) is 26.2 Å². The first-order chi connectivity index (χ1) is 17.1. The van der Waals surface area contributed by atoms with Crippen LogP contribution in [-0.4, -0.2) is 77.3 Å². The normalized spacial score (nSPS) is 30.7. The lowest BCUT2D eigenvalue weighted by Gasteiger charge is -2.57. The van der Waals surface area contributed by atoms with E-state index >= 15 is 0 Å². The monoisotopic (exact) mass is 487 g/mol. The molecule has 7 heteroatoms. The number of hydrogen-bond donors (Lipinski definition) is 0. The molecule has 1 aromatic carbocycles. The molecule has 1 saturated heterocycles. The highest BCUT2D eigenvalue weighted by Gasteiger charge is 2.50. The average molecular weight is 488 g/mol. The SMILES string of the molecule is COc1ccc(C(=O)O[C@@H](COCCC23CC4CC(CC(C4)C2)C3)CN2CCOCC2)cc1OC. The van der Waals surface area contributed by atoms with E-state index in [9.17, 15) is 4.79 Å². The number of carbonyl (C=O) groups is 1. The van der Waals surface area contributed by atoms with Crippen molar-refractivity contribution in [1.29, 1.82) is 0 Å². The van der Waals surface area contributed by atoms with Crippen molar-refractivity contribution in [2.75, 3.05) is 60.3 Å². The van der Waals surface area contributed by atoms with E-state index < -0.39 is 0 Å². The van der Waals surface area contributed by atoms with E-state index in [1.54, 1.807) is 32.4 Å². The van der Waals surface area contributed by atoms with Crippen molar-refractivity contribution in [2.24, 2.45) is 23.2 Å². The molecule has 1 atom stereocenters. The zero-order valence-electron chi connectivity index (χ0n) is 21.3. The third-order valence-corrected chi connectivity index (χ3v) is 8.70. The van der Waals surface area contributed by atoms with Gasteiger partial charge in [-0.3, -0.25) is 4.90 Å². The standard InChI is InChI=1S/C28H41NO6/c1-31-25-4-3-23(14-26(25)32-2)27(30)35-24(18-29-6-9-33-10-7-29)19-34-8-5-28-15-20-11-21(16-28)13-22(12-20)17-28/h3-4,14,20-22,24H,5-13,15-19H2,1-2H3/t20?,21?,22?,24-,28?/m1/s1. The largest absolute Gasteiger partial charge is 0.493 e. The first-order valence-corrected chi connectivity index (χ1v) is 13.4. The number of methoxy groups -OCH3 is 2. The average Bonchev–Trinajstić information content (AvgIpc) is 2.86. The summed E-state index contributed by atoms with van der Waals surface area (Å²) in [5.74, 6) is 3.60. The first-order valence-electron chi connectivity index (χ1n) is 13.4. The molecule has 0 radical (unpaired) electrons. The molecule has 0 aromatic heterocycles. The molecule has 6 rings (SSSR count). The van der Waals surface area contributed by atoms with E-state index in [1.165, 1.54) is 38.5 Å². The van der Waals surface area contributed by atoms with Crippen molar-refractivity contribution in [3.05, 3.63) is 23.8 Å². The number of esters is 1. The second-order valence-electron chi connectivity index (χ2n) is 11.3. The molecule has 0 unspecified atom stereocenters. The summed E-state index contributed by atoms with van der Waals surface area (Å²) in [6.07, 6.45) is 9.40. The van der Waals surface area contributed by atoms with Crippen LogP contribution in [0.3, 0.4) is 0 Å². The molecule has 0 N–H and O–H groups in total. The fourth-order valence-corrected chi connectivity index (χ4v) is 7.48. The van der Waals surface area contributed by atoms with E-state index in [0.29, 0.717) is 48.8 Å². The minimum Gasteiger partial charge on any atom is -0.493 e. The maximum atomic E-state index is 13.0. The van der Waals surface area contributed by atoms with Crippen LogP contribution in [0.4, 0.5) is 0 Å². The molecule has 194 valence electrons. The van der Waals surface area contributed by atoms with E-state index in [0.717, 1.165) is 43.9 Å². The Kier molecular flexibility index (Phi) is 7.85. The summed E-state index contributed by atoms with van der Waals surface area (Å²) >= 11 is 0. The number of rotatable bonds is 11. The van der Waals surface area contributed by atoms with Crippen molar-refractivity contribution >= 4 is 5.97 Å². The number of hydrogen-bond acceptors (Lipinski definition) is 7. The quantitative estimate of drug-likeness (QED) is 0.343. The van der Waals surface area contributed by atoms with E-state index in [1.807, 2.05) is 0 Å². The predicted molar refractivity (Wildman–Crippen MR) is 132 cm³/mol. The topological polar surface area (TPSA) is 66.5 Å². The van der Waals surface area contributed by atoms with Crippen LogP contribution in [0.5, 0.6) is 11.5 Å². The van der Waals surface area contributed by atoms with Crippen molar-refractivity contribution in [3.63, 3.8) is 0 Å². The van der Waals surface area contributed by atoms with Gasteiger partial charge >= 0.3 is 5.97 Å². The van der Waals surface area contributed by atoms with E-state index in [-0.39, 0.29) is 12.1 Å². The van der Waals surface area contributed by atoms with Crippen molar-refractivity contribution < 1.29 is 28.5 Å². The van der Waals surface area contributed by atoms with Gasteiger partial charge in [0.1, 0.15) is 6.10 Å². The van der Waals surface area contributed by atoms with Crippen LogP contribution in [0.15, 0.2) is 18.2 Å². The Bertz CT molecular complexity index is 832. The van der Waals surface area contributed by atoms with Crippen LogP contribution >= 0.6 is 0 Å². The van der Waals surface area contributed by atoms with Gasteiger partial charge in [-0.1, -0.05) is 0 Å². The van der Waals surface area contributed by atoms with Crippen LogP contribution < -0.4 is 9.47 Å². The number of ether oxygens (including phenoxy) is 5. The van der Waals surface area contributed by atoms with Crippen LogP contribution in [0.2, 0.25) is 0 Å². The van der Waals surface area contributed by atoms with E-state index in [2.05, 4.69) is 4.90 Å². The van der Waals surface area contributed by atoms with Gasteiger partial charge in [0.25, 0.3) is 0 Å². The molecule has 4 saturated carbocycles. The number of morpholine rings is 1. The molecular formula is C28H41NO6. The number of nitrogens with zero attached hydrogens (tertiary/aromatic N) is 1. The van der Waals surface area contributed by atoms with Crippen LogP contribution in [0.25, 0.3) is 0 Å². The summed E-state index contributed by atoms with van der Waals surface area (Å²) in [7, 11) is 3.14. The van der Waals surface area contributed by atoms with Gasteiger partial charge in [-0.05, 0) is 86.3 Å². The van der Waals surface area contributed by atoms with Gasteiger partial charge in [-0.2, -0.15) is 0 Å². The summed E-state index contributed by atoms with van der Waals surface area (Å²) in [5, 5.41) is 0. The zero-order chi connectivity index (χ0) is 24.3. The summed E-state index contributed by atoms with van der Waals surface area (Å²) in [6, 6.07) is 5.11. The summed E-state index contributed by atoms with van der Waals surface area (Å²) in [4.78, 5) is 15.3. The summed E-state index contributed by atoms with van der Waals surface area (Å²) < 4.78 is 28.3. The van der Waals surface area contributed by atoms with Crippen molar-refractivity contribution in [2.45, 2.75) is 51.0 Å². The predicted octanol–water partition coefficient (Wildman–Crippen LogP) is 4.18. The van der Waals surface area contributed by atoms with Gasteiger partial charge in [0.05, 0.1) is 39.6 Å². The molecule has 4 aliphatic carbocycles. The molecular weight excluding hydrogens is 446 g/mol. The second-order valence-corrected chi connectivity index (χ2v) is 11.3. The molecule has 4 bridgehead atoms. The Hall–Kier alpha value is -1.83. The van der Waals surface area contributed by atoms with Gasteiger partial charge < -0.3 is 23.7 Å². The fourth-order valence-electron chi connectivity index (χ4n) is 7.48. The van der Waals surface area contributed by atoms with Crippen LogP contribution in [0, 0.1) is 23.2 Å². The summed E-state index contributed by atoms with van der Waals surface area (Å²) in [5.41, 5.74) is 0.952. The third-order valence-electron chi connectivity index (χ3n) is 8.70. The zero-order valence-corrected chi connectivity index (χ0v) is 21.3. The molecule has 1 aliphatic heterocycles. The van der Waals surface area contributed by atoms with Gasteiger partial charge in [0.15, 0.2) is 11.5 Å². The Balaban J connectivity index is 1.17.